The highest BCUT2D eigenvalue weighted by molar-refractivity contribution is 5.74. The number of amides is 2. The molecule has 1 rings (SSSR count). The molecule has 0 heterocycles. The molecule has 0 bridgehead atoms. The third-order valence-corrected chi connectivity index (χ3v) is 3.03. The van der Waals surface area contributed by atoms with Gasteiger partial charge in [-0.25, -0.2) is 4.79 Å². The summed E-state index contributed by atoms with van der Waals surface area (Å²) < 4.78 is 5.76. The Hall–Kier alpha value is -2.24. The van der Waals surface area contributed by atoms with Gasteiger partial charge in [-0.2, -0.15) is 0 Å². The van der Waals surface area contributed by atoms with Crippen LogP contribution in [-0.4, -0.2) is 29.9 Å². The van der Waals surface area contributed by atoms with Gasteiger partial charge >= 0.3 is 12.0 Å². The monoisotopic (exact) mass is 308 g/mol. The molecule has 0 saturated carbocycles. The number of carbonyl (C=O) groups excluding carboxylic acids is 1. The van der Waals surface area contributed by atoms with Crippen molar-refractivity contribution < 1.29 is 19.4 Å². The molecule has 3 N–H and O–H groups in total. The number of benzene rings is 1. The quantitative estimate of drug-likeness (QED) is 0.509. The predicted molar refractivity (Wildman–Crippen MR) is 84.0 cm³/mol. The molecule has 0 fully saturated rings. The number of urea groups is 1. The first kappa shape index (κ1) is 17.8. The van der Waals surface area contributed by atoms with Crippen LogP contribution >= 0.6 is 0 Å². The summed E-state index contributed by atoms with van der Waals surface area (Å²) in [5.41, 5.74) is 1.08. The lowest BCUT2D eigenvalue weighted by molar-refractivity contribution is -0.137. The van der Waals surface area contributed by atoms with E-state index in [1.54, 1.807) is 6.92 Å². The van der Waals surface area contributed by atoms with Crippen LogP contribution in [0.4, 0.5) is 4.79 Å². The van der Waals surface area contributed by atoms with Crippen LogP contribution in [0.2, 0.25) is 0 Å². The van der Waals surface area contributed by atoms with Crippen molar-refractivity contribution in [2.75, 3.05) is 6.54 Å². The van der Waals surface area contributed by atoms with Crippen molar-refractivity contribution in [3.63, 3.8) is 0 Å². The van der Waals surface area contributed by atoms with Crippen molar-refractivity contribution in [1.82, 2.24) is 10.6 Å². The smallest absolute Gasteiger partial charge is 0.317 e. The molecule has 0 saturated heterocycles. The van der Waals surface area contributed by atoms with Crippen LogP contribution in [0.25, 0.3) is 0 Å². The normalized spacial score (nSPS) is 11.8. The summed E-state index contributed by atoms with van der Waals surface area (Å²) in [4.78, 5) is 22.0. The van der Waals surface area contributed by atoms with Gasteiger partial charge < -0.3 is 20.5 Å². The van der Waals surface area contributed by atoms with Crippen LogP contribution in [0.3, 0.4) is 0 Å². The first-order valence-corrected chi connectivity index (χ1v) is 7.42. The maximum Gasteiger partial charge on any atom is 0.317 e. The third kappa shape index (κ3) is 6.47. The van der Waals surface area contributed by atoms with Gasteiger partial charge in [-0.1, -0.05) is 32.0 Å². The zero-order chi connectivity index (χ0) is 16.5. The van der Waals surface area contributed by atoms with E-state index >= 15 is 0 Å². The summed E-state index contributed by atoms with van der Waals surface area (Å²) in [7, 11) is 0. The molecule has 1 atom stereocenters. The van der Waals surface area contributed by atoms with Gasteiger partial charge in [0.1, 0.15) is 5.75 Å². The molecule has 0 spiro atoms. The summed E-state index contributed by atoms with van der Waals surface area (Å²) in [5, 5.41) is 13.8. The van der Waals surface area contributed by atoms with E-state index in [9.17, 15) is 9.59 Å². The first-order chi connectivity index (χ1) is 10.4. The lowest BCUT2D eigenvalue weighted by Gasteiger charge is -2.20. The number of rotatable bonds is 8. The highest BCUT2D eigenvalue weighted by Crippen LogP contribution is 2.26. The second-order valence-corrected chi connectivity index (χ2v) is 5.35. The second-order valence-electron chi connectivity index (χ2n) is 5.35. The van der Waals surface area contributed by atoms with Crippen molar-refractivity contribution in [1.29, 1.82) is 0 Å². The third-order valence-electron chi connectivity index (χ3n) is 3.03. The minimum absolute atomic E-state index is 0.0358. The van der Waals surface area contributed by atoms with Crippen LogP contribution in [0, 0.1) is 0 Å². The molecule has 0 aliphatic carbocycles. The fourth-order valence-electron chi connectivity index (χ4n) is 1.96. The van der Waals surface area contributed by atoms with Gasteiger partial charge in [0.15, 0.2) is 6.23 Å². The van der Waals surface area contributed by atoms with Gasteiger partial charge in [-0.3, -0.25) is 4.79 Å². The molecular weight excluding hydrogens is 284 g/mol. The second kappa shape index (κ2) is 8.92. The molecule has 1 aromatic carbocycles. The SMILES string of the molecule is CC(NC(=O)NCCCC(=O)O)Oc1ccccc1C(C)C. The predicted octanol–water partition coefficient (Wildman–Crippen LogP) is 2.70. The minimum atomic E-state index is -0.871. The number of ether oxygens (including phenoxy) is 1. The summed E-state index contributed by atoms with van der Waals surface area (Å²) in [6.45, 7) is 6.21. The zero-order valence-corrected chi connectivity index (χ0v) is 13.3. The highest BCUT2D eigenvalue weighted by atomic mass is 16.5. The van der Waals surface area contributed by atoms with E-state index in [2.05, 4.69) is 24.5 Å². The van der Waals surface area contributed by atoms with Gasteiger partial charge in [-0.15, -0.1) is 0 Å². The van der Waals surface area contributed by atoms with Crippen LogP contribution in [0.5, 0.6) is 5.75 Å². The molecule has 122 valence electrons. The van der Waals surface area contributed by atoms with Crippen LogP contribution in [0.1, 0.15) is 45.1 Å². The van der Waals surface area contributed by atoms with Gasteiger partial charge in [0.05, 0.1) is 0 Å². The van der Waals surface area contributed by atoms with Crippen molar-refractivity contribution >= 4 is 12.0 Å². The Morgan fingerprint density at radius 1 is 1.23 bits per heavy atom. The summed E-state index contributed by atoms with van der Waals surface area (Å²) in [6.07, 6.45) is -0.0539. The van der Waals surface area contributed by atoms with Gasteiger partial charge in [0, 0.05) is 13.0 Å². The molecule has 6 heteroatoms. The fraction of sp³-hybridized carbons (Fsp3) is 0.500. The van der Waals surface area contributed by atoms with E-state index in [0.29, 0.717) is 18.9 Å². The lowest BCUT2D eigenvalue weighted by Crippen LogP contribution is -2.43. The molecule has 0 radical (unpaired) electrons. The highest BCUT2D eigenvalue weighted by Gasteiger charge is 2.12. The Labute approximate surface area is 130 Å². The van der Waals surface area contributed by atoms with E-state index in [1.807, 2.05) is 24.3 Å². The molecule has 1 aromatic rings. The van der Waals surface area contributed by atoms with Gasteiger partial charge in [0.25, 0.3) is 0 Å². The van der Waals surface area contributed by atoms with Crippen molar-refractivity contribution in [2.24, 2.45) is 0 Å². The largest absolute Gasteiger partial charge is 0.481 e. The number of para-hydroxylation sites is 1. The maximum absolute atomic E-state index is 11.7. The maximum atomic E-state index is 11.7. The van der Waals surface area contributed by atoms with Crippen molar-refractivity contribution in [3.8, 4) is 5.75 Å². The standard InChI is InChI=1S/C16H24N2O4/c1-11(2)13-7-4-5-8-14(13)22-12(3)18-16(21)17-10-6-9-15(19)20/h4-5,7-8,11-12H,6,9-10H2,1-3H3,(H,19,20)(H2,17,18,21). The molecule has 0 aliphatic rings. The molecule has 0 aliphatic heterocycles. The molecular formula is C16H24N2O4. The average molecular weight is 308 g/mol. The molecule has 0 aromatic heterocycles. The van der Waals surface area contributed by atoms with Crippen molar-refractivity contribution in [3.05, 3.63) is 29.8 Å². The summed E-state index contributed by atoms with van der Waals surface area (Å²) >= 11 is 0. The van der Waals surface area contributed by atoms with Crippen LogP contribution < -0.4 is 15.4 Å². The van der Waals surface area contributed by atoms with Crippen LogP contribution in [0.15, 0.2) is 24.3 Å². The first-order valence-electron chi connectivity index (χ1n) is 7.42. The number of nitrogens with one attached hydrogen (secondary N) is 2. The summed E-state index contributed by atoms with van der Waals surface area (Å²) in [6, 6.07) is 7.34. The number of hydrogen-bond acceptors (Lipinski definition) is 3. The Balaban J connectivity index is 2.41. The lowest BCUT2D eigenvalue weighted by atomic mass is 10.0. The molecule has 2 amide bonds. The Morgan fingerprint density at radius 2 is 1.91 bits per heavy atom. The van der Waals surface area contributed by atoms with Gasteiger partial charge in [0.2, 0.25) is 0 Å². The van der Waals surface area contributed by atoms with E-state index < -0.39 is 12.2 Å². The number of hydrogen-bond donors (Lipinski definition) is 3. The number of aliphatic carboxylic acids is 1. The number of carboxylic acids is 1. The van der Waals surface area contributed by atoms with E-state index in [1.165, 1.54) is 0 Å². The Kier molecular flexibility index (Phi) is 7.22. The Morgan fingerprint density at radius 3 is 2.55 bits per heavy atom. The molecule has 22 heavy (non-hydrogen) atoms. The number of carboxylic acid groups (broad SMARTS) is 1. The van der Waals surface area contributed by atoms with Crippen LogP contribution in [-0.2, 0) is 4.79 Å². The van der Waals surface area contributed by atoms with E-state index in [-0.39, 0.29) is 12.5 Å². The van der Waals surface area contributed by atoms with Crippen molar-refractivity contribution in [2.45, 2.75) is 45.8 Å². The number of carbonyl (C=O) groups is 2. The van der Waals surface area contributed by atoms with E-state index in [0.717, 1.165) is 11.3 Å². The Bertz CT molecular complexity index is 503. The molecule has 1 unspecified atom stereocenters. The summed E-state index contributed by atoms with van der Waals surface area (Å²) in [5.74, 6) is 0.202. The average Bonchev–Trinajstić information content (AvgIpc) is 2.43. The topological polar surface area (TPSA) is 87.7 Å². The molecule has 6 nitrogen and oxygen atoms in total. The minimum Gasteiger partial charge on any atom is -0.481 e. The zero-order valence-electron chi connectivity index (χ0n) is 13.3. The fourth-order valence-corrected chi connectivity index (χ4v) is 1.96. The van der Waals surface area contributed by atoms with Gasteiger partial charge in [-0.05, 0) is 30.9 Å². The van der Waals surface area contributed by atoms with E-state index in [4.69, 9.17) is 9.84 Å².